The Hall–Kier alpha value is -1.59. The molecule has 6 heteroatoms. The number of imide groups is 1. The molecule has 0 radical (unpaired) electrons. The summed E-state index contributed by atoms with van der Waals surface area (Å²) in [6.45, 7) is 1.66. The average Bonchev–Trinajstić information content (AvgIpc) is 2.29. The first-order valence-corrected chi connectivity index (χ1v) is 4.25. The van der Waals surface area contributed by atoms with Gasteiger partial charge in [0.1, 0.15) is 6.04 Å². The van der Waals surface area contributed by atoms with E-state index in [0.29, 0.717) is 0 Å². The third-order valence-electron chi connectivity index (χ3n) is 2.25. The number of hydrogen-bond acceptors (Lipinski definition) is 3. The molecule has 1 saturated heterocycles. The van der Waals surface area contributed by atoms with Crippen molar-refractivity contribution >= 4 is 17.9 Å². The highest BCUT2D eigenvalue weighted by Crippen LogP contribution is 2.15. The van der Waals surface area contributed by atoms with Crippen molar-refractivity contribution in [2.24, 2.45) is 0 Å². The second kappa shape index (κ2) is 3.65. The van der Waals surface area contributed by atoms with E-state index in [1.54, 1.807) is 6.92 Å². The van der Waals surface area contributed by atoms with Crippen molar-refractivity contribution in [1.82, 2.24) is 9.80 Å². The quantitative estimate of drug-likeness (QED) is 0.637. The van der Waals surface area contributed by atoms with E-state index >= 15 is 0 Å². The van der Waals surface area contributed by atoms with Gasteiger partial charge in [0.2, 0.25) is 0 Å². The highest BCUT2D eigenvalue weighted by atomic mass is 16.4. The van der Waals surface area contributed by atoms with Crippen LogP contribution in [0.1, 0.15) is 13.3 Å². The molecule has 0 aromatic heterocycles. The van der Waals surface area contributed by atoms with E-state index in [2.05, 4.69) is 0 Å². The molecule has 14 heavy (non-hydrogen) atoms. The molecule has 0 bridgehead atoms. The zero-order valence-corrected chi connectivity index (χ0v) is 8.06. The Morgan fingerprint density at radius 2 is 2.07 bits per heavy atom. The van der Waals surface area contributed by atoms with Crippen LogP contribution in [0.2, 0.25) is 0 Å². The average molecular weight is 200 g/mol. The minimum absolute atomic E-state index is 0.0748. The molecule has 1 aliphatic rings. The third kappa shape index (κ3) is 1.68. The van der Waals surface area contributed by atoms with Gasteiger partial charge in [0.25, 0.3) is 5.91 Å². The van der Waals surface area contributed by atoms with Crippen molar-refractivity contribution in [1.29, 1.82) is 0 Å². The van der Waals surface area contributed by atoms with E-state index in [1.807, 2.05) is 0 Å². The standard InChI is InChI=1S/C8H12N2O4/c1-5-7(13)9(2)8(14)10(5)4-3-6(11)12/h5H,3-4H2,1-2H3,(H,11,12). The van der Waals surface area contributed by atoms with Crippen molar-refractivity contribution in [3.8, 4) is 0 Å². The molecular weight excluding hydrogens is 188 g/mol. The normalized spacial score (nSPS) is 22.0. The molecule has 1 heterocycles. The lowest BCUT2D eigenvalue weighted by molar-refractivity contribution is -0.137. The Morgan fingerprint density at radius 1 is 1.50 bits per heavy atom. The number of carboxylic acid groups (broad SMARTS) is 1. The number of rotatable bonds is 3. The molecule has 1 N–H and O–H groups in total. The Morgan fingerprint density at radius 3 is 2.43 bits per heavy atom. The molecule has 3 amide bonds. The van der Waals surface area contributed by atoms with Crippen LogP contribution in [0, 0.1) is 0 Å². The Kier molecular flexibility index (Phi) is 2.73. The van der Waals surface area contributed by atoms with Crippen LogP contribution in [0.5, 0.6) is 0 Å². The highest BCUT2D eigenvalue weighted by Gasteiger charge is 2.39. The van der Waals surface area contributed by atoms with E-state index in [0.717, 1.165) is 4.90 Å². The van der Waals surface area contributed by atoms with Crippen molar-refractivity contribution in [3.63, 3.8) is 0 Å². The summed E-state index contributed by atoms with van der Waals surface area (Å²) in [6.07, 6.45) is -0.142. The monoisotopic (exact) mass is 200 g/mol. The first-order chi connectivity index (χ1) is 6.45. The van der Waals surface area contributed by atoms with Gasteiger partial charge in [0.05, 0.1) is 6.42 Å². The zero-order chi connectivity index (χ0) is 10.9. The van der Waals surface area contributed by atoms with Gasteiger partial charge in [-0.15, -0.1) is 0 Å². The Balaban J connectivity index is 2.65. The Bertz CT molecular complexity index is 289. The molecule has 0 spiro atoms. The van der Waals surface area contributed by atoms with Gasteiger partial charge in [0.15, 0.2) is 0 Å². The molecule has 1 atom stereocenters. The zero-order valence-electron chi connectivity index (χ0n) is 8.06. The molecular formula is C8H12N2O4. The van der Waals surface area contributed by atoms with Gasteiger partial charge < -0.3 is 10.0 Å². The molecule has 1 fully saturated rings. The van der Waals surface area contributed by atoms with Gasteiger partial charge in [-0.2, -0.15) is 0 Å². The highest BCUT2D eigenvalue weighted by molar-refractivity contribution is 6.03. The van der Waals surface area contributed by atoms with Crippen LogP contribution in [-0.4, -0.2) is 52.4 Å². The summed E-state index contributed by atoms with van der Waals surface area (Å²) in [4.78, 5) is 35.2. The molecule has 0 aromatic carbocycles. The van der Waals surface area contributed by atoms with Crippen molar-refractivity contribution < 1.29 is 19.5 Å². The summed E-state index contributed by atoms with van der Waals surface area (Å²) >= 11 is 0. The minimum atomic E-state index is -0.980. The van der Waals surface area contributed by atoms with Crippen LogP contribution in [0.3, 0.4) is 0 Å². The largest absolute Gasteiger partial charge is 0.481 e. The summed E-state index contributed by atoms with van der Waals surface area (Å²) < 4.78 is 0. The van der Waals surface area contributed by atoms with Gasteiger partial charge in [-0.25, -0.2) is 4.79 Å². The van der Waals surface area contributed by atoms with Crippen LogP contribution in [-0.2, 0) is 9.59 Å². The van der Waals surface area contributed by atoms with Crippen LogP contribution in [0.4, 0.5) is 4.79 Å². The topological polar surface area (TPSA) is 77.9 Å². The maximum Gasteiger partial charge on any atom is 0.327 e. The number of nitrogens with zero attached hydrogens (tertiary/aromatic N) is 2. The van der Waals surface area contributed by atoms with Gasteiger partial charge >= 0.3 is 12.0 Å². The summed E-state index contributed by atoms with van der Waals surface area (Å²) in [7, 11) is 1.39. The van der Waals surface area contributed by atoms with E-state index in [9.17, 15) is 14.4 Å². The van der Waals surface area contributed by atoms with E-state index in [-0.39, 0.29) is 18.9 Å². The third-order valence-corrected chi connectivity index (χ3v) is 2.25. The molecule has 1 rings (SSSR count). The number of urea groups is 1. The van der Waals surface area contributed by atoms with E-state index < -0.39 is 18.0 Å². The van der Waals surface area contributed by atoms with Crippen molar-refractivity contribution in [3.05, 3.63) is 0 Å². The molecule has 0 aromatic rings. The van der Waals surface area contributed by atoms with E-state index in [1.165, 1.54) is 11.9 Å². The SMILES string of the molecule is CC1C(=O)N(C)C(=O)N1CCC(=O)O. The number of amides is 3. The number of aliphatic carboxylic acids is 1. The molecule has 0 saturated carbocycles. The maximum absolute atomic E-state index is 11.4. The van der Waals surface area contributed by atoms with Crippen molar-refractivity contribution in [2.75, 3.05) is 13.6 Å². The summed E-state index contributed by atoms with van der Waals surface area (Å²) in [6, 6.07) is -0.976. The van der Waals surface area contributed by atoms with Crippen LogP contribution < -0.4 is 0 Å². The van der Waals surface area contributed by atoms with Crippen LogP contribution >= 0.6 is 0 Å². The minimum Gasteiger partial charge on any atom is -0.481 e. The second-order valence-corrected chi connectivity index (χ2v) is 3.19. The molecule has 78 valence electrons. The molecule has 1 aliphatic heterocycles. The van der Waals surface area contributed by atoms with Gasteiger partial charge in [-0.3, -0.25) is 14.5 Å². The smallest absolute Gasteiger partial charge is 0.327 e. The predicted molar refractivity (Wildman–Crippen MR) is 46.6 cm³/mol. The number of carboxylic acids is 1. The first-order valence-electron chi connectivity index (χ1n) is 4.25. The molecule has 6 nitrogen and oxygen atoms in total. The molecule has 0 aliphatic carbocycles. The first kappa shape index (κ1) is 10.5. The van der Waals surface area contributed by atoms with Gasteiger partial charge in [-0.1, -0.05) is 0 Å². The van der Waals surface area contributed by atoms with Crippen molar-refractivity contribution in [2.45, 2.75) is 19.4 Å². The number of carbonyl (C=O) groups is 3. The lowest BCUT2D eigenvalue weighted by Gasteiger charge is -2.17. The van der Waals surface area contributed by atoms with E-state index in [4.69, 9.17) is 5.11 Å². The number of carbonyl (C=O) groups excluding carboxylic acids is 2. The van der Waals surface area contributed by atoms with Gasteiger partial charge in [0, 0.05) is 13.6 Å². The fourth-order valence-corrected chi connectivity index (χ4v) is 1.37. The fourth-order valence-electron chi connectivity index (χ4n) is 1.37. The Labute approximate surface area is 81.1 Å². The maximum atomic E-state index is 11.4. The fraction of sp³-hybridized carbons (Fsp3) is 0.625. The van der Waals surface area contributed by atoms with Crippen LogP contribution in [0.15, 0.2) is 0 Å². The van der Waals surface area contributed by atoms with Gasteiger partial charge in [-0.05, 0) is 6.92 Å². The van der Waals surface area contributed by atoms with Crippen LogP contribution in [0.25, 0.3) is 0 Å². The summed E-state index contributed by atoms with van der Waals surface area (Å²) in [5.74, 6) is -1.27. The number of hydrogen-bond donors (Lipinski definition) is 1. The summed E-state index contributed by atoms with van der Waals surface area (Å²) in [5.41, 5.74) is 0. The lowest BCUT2D eigenvalue weighted by atomic mass is 10.3. The summed E-state index contributed by atoms with van der Waals surface area (Å²) in [5, 5.41) is 8.44. The number of likely N-dealkylation sites (N-methyl/N-ethyl adjacent to an activating group) is 1. The second-order valence-electron chi connectivity index (χ2n) is 3.19. The predicted octanol–water partition coefficient (Wildman–Crippen LogP) is -0.256. The molecule has 1 unspecified atom stereocenters. The lowest BCUT2D eigenvalue weighted by Crippen LogP contribution is -2.34.